The van der Waals surface area contributed by atoms with Gasteiger partial charge in [0.2, 0.25) is 10.0 Å². The Morgan fingerprint density at radius 3 is 2.57 bits per heavy atom. The van der Waals surface area contributed by atoms with Gasteiger partial charge >= 0.3 is 5.97 Å². The molecule has 5 nitrogen and oxygen atoms in total. The number of hydrogen-bond acceptors (Lipinski definition) is 3. The van der Waals surface area contributed by atoms with Gasteiger partial charge in [0.1, 0.15) is 0 Å². The molecule has 6 heteroatoms. The molecule has 116 valence electrons. The maximum Gasteiger partial charge on any atom is 0.336 e. The van der Waals surface area contributed by atoms with E-state index in [9.17, 15) is 13.2 Å². The SMILES string of the molecule is Cc1c(NS(=O)(=O)CC2CCCCC2)cccc1C(=O)O. The fourth-order valence-electron chi connectivity index (χ4n) is 2.85. The van der Waals surface area contributed by atoms with Crippen molar-refractivity contribution in [3.8, 4) is 0 Å². The summed E-state index contributed by atoms with van der Waals surface area (Å²) in [5, 5.41) is 9.07. The van der Waals surface area contributed by atoms with Crippen LogP contribution in [0.2, 0.25) is 0 Å². The molecule has 0 atom stereocenters. The van der Waals surface area contributed by atoms with Crippen LogP contribution in [0.3, 0.4) is 0 Å². The standard InChI is InChI=1S/C15H21NO4S/c1-11-13(15(17)18)8-5-9-14(11)16-21(19,20)10-12-6-3-2-4-7-12/h5,8-9,12,16H,2-4,6-7,10H2,1H3,(H,17,18). The summed E-state index contributed by atoms with van der Waals surface area (Å²) in [6.45, 7) is 1.61. The van der Waals surface area contributed by atoms with Crippen molar-refractivity contribution in [2.45, 2.75) is 39.0 Å². The minimum absolute atomic E-state index is 0.115. The number of aromatic carboxylic acids is 1. The van der Waals surface area contributed by atoms with E-state index >= 15 is 0 Å². The minimum atomic E-state index is -3.44. The molecule has 1 aliphatic carbocycles. The molecule has 0 bridgehead atoms. The van der Waals surface area contributed by atoms with Crippen molar-refractivity contribution in [2.24, 2.45) is 5.92 Å². The van der Waals surface area contributed by atoms with Gasteiger partial charge in [-0.1, -0.05) is 25.3 Å². The van der Waals surface area contributed by atoms with E-state index < -0.39 is 16.0 Å². The smallest absolute Gasteiger partial charge is 0.336 e. The van der Waals surface area contributed by atoms with Gasteiger partial charge in [0.05, 0.1) is 17.0 Å². The van der Waals surface area contributed by atoms with E-state index in [4.69, 9.17) is 5.11 Å². The normalized spacial score (nSPS) is 16.6. The lowest BCUT2D eigenvalue weighted by Crippen LogP contribution is -2.24. The summed E-state index contributed by atoms with van der Waals surface area (Å²) in [7, 11) is -3.44. The van der Waals surface area contributed by atoms with Crippen molar-refractivity contribution in [3.05, 3.63) is 29.3 Å². The highest BCUT2D eigenvalue weighted by Crippen LogP contribution is 2.26. The van der Waals surface area contributed by atoms with E-state index in [2.05, 4.69) is 4.72 Å². The predicted molar refractivity (Wildman–Crippen MR) is 82.1 cm³/mol. The van der Waals surface area contributed by atoms with Crippen LogP contribution < -0.4 is 4.72 Å². The van der Waals surface area contributed by atoms with Gasteiger partial charge in [-0.05, 0) is 43.4 Å². The van der Waals surface area contributed by atoms with Crippen LogP contribution in [0.5, 0.6) is 0 Å². The van der Waals surface area contributed by atoms with E-state index in [-0.39, 0.29) is 17.2 Å². The monoisotopic (exact) mass is 311 g/mol. The van der Waals surface area contributed by atoms with Gasteiger partial charge in [-0.25, -0.2) is 13.2 Å². The molecule has 0 aliphatic heterocycles. The number of rotatable bonds is 5. The Morgan fingerprint density at radius 2 is 1.95 bits per heavy atom. The molecule has 0 saturated heterocycles. The third kappa shape index (κ3) is 4.20. The Kier molecular flexibility index (Phi) is 4.88. The third-order valence-electron chi connectivity index (χ3n) is 4.01. The first-order valence-corrected chi connectivity index (χ1v) is 8.87. The Balaban J connectivity index is 2.13. The second kappa shape index (κ2) is 6.47. The molecule has 0 radical (unpaired) electrons. The summed E-state index contributed by atoms with van der Waals surface area (Å²) < 4.78 is 27.0. The maximum absolute atomic E-state index is 12.2. The molecule has 2 rings (SSSR count). The average molecular weight is 311 g/mol. The van der Waals surface area contributed by atoms with Gasteiger partial charge in [0, 0.05) is 0 Å². The number of sulfonamides is 1. The quantitative estimate of drug-likeness (QED) is 0.875. The lowest BCUT2D eigenvalue weighted by molar-refractivity contribution is 0.0696. The molecule has 1 aromatic carbocycles. The predicted octanol–water partition coefficient (Wildman–Crippen LogP) is 3.02. The van der Waals surface area contributed by atoms with Crippen molar-refractivity contribution >= 4 is 21.7 Å². The molecule has 1 fully saturated rings. The molecule has 0 heterocycles. The highest BCUT2D eigenvalue weighted by Gasteiger charge is 2.22. The topological polar surface area (TPSA) is 83.5 Å². The largest absolute Gasteiger partial charge is 0.478 e. The van der Waals surface area contributed by atoms with Crippen LogP contribution in [0.4, 0.5) is 5.69 Å². The average Bonchev–Trinajstić information content (AvgIpc) is 2.41. The molecular weight excluding hydrogens is 290 g/mol. The van der Waals surface area contributed by atoms with Crippen LogP contribution in [0.25, 0.3) is 0 Å². The summed E-state index contributed by atoms with van der Waals surface area (Å²) in [4.78, 5) is 11.1. The molecular formula is C15H21NO4S. The number of benzene rings is 1. The Morgan fingerprint density at radius 1 is 1.29 bits per heavy atom. The fourth-order valence-corrected chi connectivity index (χ4v) is 4.44. The molecule has 0 spiro atoms. The molecule has 1 aromatic rings. The molecule has 21 heavy (non-hydrogen) atoms. The number of anilines is 1. The zero-order valence-corrected chi connectivity index (χ0v) is 12.9. The molecule has 1 saturated carbocycles. The maximum atomic E-state index is 12.2. The second-order valence-corrected chi connectivity index (χ2v) is 7.44. The van der Waals surface area contributed by atoms with Gasteiger partial charge in [-0.2, -0.15) is 0 Å². The Labute approximate surface area is 125 Å². The van der Waals surface area contributed by atoms with E-state index in [0.29, 0.717) is 11.3 Å². The summed E-state index contributed by atoms with van der Waals surface area (Å²) in [6.07, 6.45) is 5.27. The van der Waals surface area contributed by atoms with Gasteiger partial charge in [0.25, 0.3) is 0 Å². The zero-order chi connectivity index (χ0) is 15.5. The van der Waals surface area contributed by atoms with E-state index in [0.717, 1.165) is 25.7 Å². The van der Waals surface area contributed by atoms with E-state index in [1.54, 1.807) is 19.1 Å². The number of nitrogens with one attached hydrogen (secondary N) is 1. The number of carboxylic acid groups (broad SMARTS) is 1. The molecule has 1 aliphatic rings. The molecule has 2 N–H and O–H groups in total. The lowest BCUT2D eigenvalue weighted by atomic mass is 9.91. The Hall–Kier alpha value is -1.56. The highest BCUT2D eigenvalue weighted by atomic mass is 32.2. The van der Waals surface area contributed by atoms with Gasteiger partial charge in [-0.15, -0.1) is 0 Å². The van der Waals surface area contributed by atoms with Crippen molar-refractivity contribution < 1.29 is 18.3 Å². The second-order valence-electron chi connectivity index (χ2n) is 5.67. The van der Waals surface area contributed by atoms with Crippen LogP contribution in [-0.4, -0.2) is 25.2 Å². The Bertz CT molecular complexity index is 619. The van der Waals surface area contributed by atoms with Crippen molar-refractivity contribution in [2.75, 3.05) is 10.5 Å². The van der Waals surface area contributed by atoms with E-state index in [1.165, 1.54) is 12.5 Å². The van der Waals surface area contributed by atoms with Crippen molar-refractivity contribution in [1.29, 1.82) is 0 Å². The van der Waals surface area contributed by atoms with Crippen LogP contribution in [0.1, 0.15) is 48.0 Å². The van der Waals surface area contributed by atoms with Crippen LogP contribution in [0.15, 0.2) is 18.2 Å². The first-order valence-electron chi connectivity index (χ1n) is 7.22. The van der Waals surface area contributed by atoms with E-state index in [1.807, 2.05) is 0 Å². The summed E-state index contributed by atoms with van der Waals surface area (Å²) in [5.74, 6) is -0.732. The lowest BCUT2D eigenvalue weighted by Gasteiger charge is -2.22. The molecule has 0 amide bonds. The fraction of sp³-hybridized carbons (Fsp3) is 0.533. The van der Waals surface area contributed by atoms with Crippen molar-refractivity contribution in [3.63, 3.8) is 0 Å². The summed E-state index contributed by atoms with van der Waals surface area (Å²) in [5.41, 5.74) is 0.913. The van der Waals surface area contributed by atoms with Gasteiger partial charge in [0.15, 0.2) is 0 Å². The molecule has 0 aromatic heterocycles. The van der Waals surface area contributed by atoms with Crippen LogP contribution in [-0.2, 0) is 10.0 Å². The van der Waals surface area contributed by atoms with Crippen LogP contribution >= 0.6 is 0 Å². The third-order valence-corrected chi connectivity index (χ3v) is 5.45. The zero-order valence-electron chi connectivity index (χ0n) is 12.1. The minimum Gasteiger partial charge on any atom is -0.478 e. The number of carboxylic acids is 1. The number of carbonyl (C=O) groups is 1. The number of hydrogen-bond donors (Lipinski definition) is 2. The van der Waals surface area contributed by atoms with Gasteiger partial charge in [-0.3, -0.25) is 4.72 Å². The first kappa shape index (κ1) is 15.8. The molecule has 0 unspecified atom stereocenters. The van der Waals surface area contributed by atoms with Gasteiger partial charge < -0.3 is 5.11 Å². The first-order chi connectivity index (χ1) is 9.89. The van der Waals surface area contributed by atoms with Crippen molar-refractivity contribution in [1.82, 2.24) is 0 Å². The summed E-state index contributed by atoms with van der Waals surface area (Å²) in [6, 6.07) is 4.62. The highest BCUT2D eigenvalue weighted by molar-refractivity contribution is 7.92. The van der Waals surface area contributed by atoms with Crippen LogP contribution in [0, 0.1) is 12.8 Å². The summed E-state index contributed by atoms with van der Waals surface area (Å²) >= 11 is 0.